The number of benzene rings is 1. The van der Waals surface area contributed by atoms with E-state index in [-0.39, 0.29) is 6.54 Å². The zero-order valence-corrected chi connectivity index (χ0v) is 11.3. The maximum Gasteiger partial charge on any atom is 0.319 e. The average Bonchev–Trinajstić information content (AvgIpc) is 2.24. The number of nitrogens with two attached hydrogens (primary N) is 1. The van der Waals surface area contributed by atoms with Crippen molar-refractivity contribution >= 4 is 33.3 Å². The fraction of sp³-hybridized carbons (Fsp3) is 0.300. The largest absolute Gasteiger partial charge is 0.337 e. The van der Waals surface area contributed by atoms with Crippen LogP contribution in [0, 0.1) is 0 Å². The van der Waals surface area contributed by atoms with Crippen molar-refractivity contribution in [2.45, 2.75) is 12.2 Å². The molecule has 0 bridgehead atoms. The van der Waals surface area contributed by atoms with Gasteiger partial charge in [-0.3, -0.25) is 0 Å². The number of hydrogen-bond acceptors (Lipinski definition) is 3. The van der Waals surface area contributed by atoms with Gasteiger partial charge in [-0.2, -0.15) is 0 Å². The van der Waals surface area contributed by atoms with Crippen molar-refractivity contribution in [1.82, 2.24) is 5.32 Å². The van der Waals surface area contributed by atoms with Crippen LogP contribution < -0.4 is 15.8 Å². The number of halogens is 1. The molecule has 0 radical (unpaired) electrons. The van der Waals surface area contributed by atoms with Crippen LogP contribution in [-0.4, -0.2) is 26.2 Å². The number of carbonyl (C=O) groups excluding carboxylic acids is 1. The Hall–Kier alpha value is -1.31. The van der Waals surface area contributed by atoms with Gasteiger partial charge in [0.1, 0.15) is 0 Å². The molecule has 0 aliphatic rings. The fourth-order valence-corrected chi connectivity index (χ4v) is 1.60. The lowest BCUT2D eigenvalue weighted by Crippen LogP contribution is -2.39. The van der Waals surface area contributed by atoms with Crippen LogP contribution in [0.5, 0.6) is 0 Å². The highest BCUT2D eigenvalue weighted by Crippen LogP contribution is 2.14. The van der Waals surface area contributed by atoms with Crippen molar-refractivity contribution in [2.75, 3.05) is 11.9 Å². The van der Waals surface area contributed by atoms with E-state index >= 15 is 0 Å². The molecule has 2 amide bonds. The van der Waals surface area contributed by atoms with Gasteiger partial charge in [0, 0.05) is 17.3 Å². The van der Waals surface area contributed by atoms with Gasteiger partial charge < -0.3 is 10.6 Å². The monoisotopic (exact) mass is 291 g/mol. The van der Waals surface area contributed by atoms with Gasteiger partial charge in [0.25, 0.3) is 0 Å². The first kappa shape index (κ1) is 14.7. The molecule has 18 heavy (non-hydrogen) atoms. The molecule has 1 aromatic carbocycles. The molecule has 0 aliphatic heterocycles. The molecule has 0 saturated carbocycles. The number of carbonyl (C=O) groups is 1. The Morgan fingerprint density at radius 3 is 2.72 bits per heavy atom. The van der Waals surface area contributed by atoms with Gasteiger partial charge in [0.05, 0.1) is 5.25 Å². The summed E-state index contributed by atoms with van der Waals surface area (Å²) in [6.07, 6.45) is 0. The van der Waals surface area contributed by atoms with Crippen LogP contribution in [0.15, 0.2) is 24.3 Å². The van der Waals surface area contributed by atoms with E-state index in [2.05, 4.69) is 10.6 Å². The quantitative estimate of drug-likeness (QED) is 0.775. The molecule has 6 nitrogen and oxygen atoms in total. The van der Waals surface area contributed by atoms with E-state index in [1.165, 1.54) is 6.92 Å². The summed E-state index contributed by atoms with van der Waals surface area (Å²) < 4.78 is 21.9. The molecule has 1 aromatic rings. The summed E-state index contributed by atoms with van der Waals surface area (Å²) in [5, 5.41) is 9.49. The summed E-state index contributed by atoms with van der Waals surface area (Å²) in [6.45, 7) is 1.35. The summed E-state index contributed by atoms with van der Waals surface area (Å²) in [7, 11) is -3.64. The van der Waals surface area contributed by atoms with Gasteiger partial charge in [0.2, 0.25) is 10.0 Å². The number of urea groups is 1. The Balaban J connectivity index is 2.48. The first-order valence-corrected chi connectivity index (χ1v) is 7.10. The Kier molecular flexibility index (Phi) is 4.94. The molecular formula is C10H14ClN3O3S. The molecule has 1 atom stereocenters. The van der Waals surface area contributed by atoms with Gasteiger partial charge >= 0.3 is 6.03 Å². The third-order valence-electron chi connectivity index (χ3n) is 2.19. The molecule has 0 aliphatic carbocycles. The number of sulfonamides is 1. The Bertz CT molecular complexity index is 533. The van der Waals surface area contributed by atoms with Crippen LogP contribution in [0.4, 0.5) is 10.5 Å². The zero-order chi connectivity index (χ0) is 13.8. The molecular weight excluding hydrogens is 278 g/mol. The number of nitrogens with one attached hydrogen (secondary N) is 2. The minimum absolute atomic E-state index is 0.0643. The van der Waals surface area contributed by atoms with Gasteiger partial charge in [-0.05, 0) is 25.1 Å². The van der Waals surface area contributed by atoms with E-state index in [4.69, 9.17) is 16.7 Å². The summed E-state index contributed by atoms with van der Waals surface area (Å²) in [4.78, 5) is 11.5. The van der Waals surface area contributed by atoms with Crippen LogP contribution in [0.1, 0.15) is 6.92 Å². The number of hydrogen-bond donors (Lipinski definition) is 3. The molecule has 0 aromatic heterocycles. The van der Waals surface area contributed by atoms with E-state index in [1.54, 1.807) is 24.3 Å². The van der Waals surface area contributed by atoms with Crippen molar-refractivity contribution in [1.29, 1.82) is 0 Å². The highest BCUT2D eigenvalue weighted by molar-refractivity contribution is 7.89. The fourth-order valence-electron chi connectivity index (χ4n) is 1.09. The minimum Gasteiger partial charge on any atom is -0.337 e. The van der Waals surface area contributed by atoms with Crippen LogP contribution in [0.3, 0.4) is 0 Å². The molecule has 100 valence electrons. The van der Waals surface area contributed by atoms with Crippen molar-refractivity contribution in [2.24, 2.45) is 5.14 Å². The second-order valence-electron chi connectivity index (χ2n) is 3.75. The molecule has 0 heterocycles. The maximum absolute atomic E-state index is 11.5. The van der Waals surface area contributed by atoms with Crippen LogP contribution in [0.25, 0.3) is 0 Å². The van der Waals surface area contributed by atoms with E-state index in [0.717, 1.165) is 0 Å². The number of primary sulfonamides is 1. The maximum atomic E-state index is 11.5. The van der Waals surface area contributed by atoms with Crippen LogP contribution in [-0.2, 0) is 10.0 Å². The van der Waals surface area contributed by atoms with Crippen molar-refractivity contribution < 1.29 is 13.2 Å². The van der Waals surface area contributed by atoms with E-state index < -0.39 is 21.3 Å². The zero-order valence-electron chi connectivity index (χ0n) is 9.68. The van der Waals surface area contributed by atoms with Crippen molar-refractivity contribution in [3.8, 4) is 0 Å². The number of rotatable bonds is 4. The summed E-state index contributed by atoms with van der Waals surface area (Å²) in [5.74, 6) is 0. The normalized spacial score (nSPS) is 12.8. The number of amides is 2. The summed E-state index contributed by atoms with van der Waals surface area (Å²) in [5.41, 5.74) is 0.517. The third-order valence-corrected chi connectivity index (χ3v) is 3.72. The Morgan fingerprint density at radius 1 is 1.50 bits per heavy atom. The highest BCUT2D eigenvalue weighted by atomic mass is 35.5. The average molecular weight is 292 g/mol. The van der Waals surface area contributed by atoms with E-state index in [1.807, 2.05) is 0 Å². The van der Waals surface area contributed by atoms with Gasteiger partial charge in [-0.25, -0.2) is 18.4 Å². The van der Waals surface area contributed by atoms with Gasteiger partial charge in [-0.15, -0.1) is 0 Å². The van der Waals surface area contributed by atoms with Crippen LogP contribution in [0.2, 0.25) is 5.02 Å². The third kappa shape index (κ3) is 4.91. The van der Waals surface area contributed by atoms with Crippen molar-refractivity contribution in [3.63, 3.8) is 0 Å². The van der Waals surface area contributed by atoms with Gasteiger partial charge in [0.15, 0.2) is 0 Å². The lowest BCUT2D eigenvalue weighted by molar-refractivity contribution is 0.252. The molecule has 0 spiro atoms. The lowest BCUT2D eigenvalue weighted by atomic mass is 10.3. The lowest BCUT2D eigenvalue weighted by Gasteiger charge is -2.11. The second-order valence-corrected chi connectivity index (χ2v) is 6.16. The molecule has 0 saturated heterocycles. The van der Waals surface area contributed by atoms with Gasteiger partial charge in [-0.1, -0.05) is 17.7 Å². The summed E-state index contributed by atoms with van der Waals surface area (Å²) in [6, 6.07) is 6.07. The second kappa shape index (κ2) is 6.03. The minimum atomic E-state index is -3.64. The first-order valence-electron chi connectivity index (χ1n) is 5.11. The predicted molar refractivity (Wildman–Crippen MR) is 71.0 cm³/mol. The van der Waals surface area contributed by atoms with E-state index in [9.17, 15) is 13.2 Å². The topological polar surface area (TPSA) is 101 Å². The Morgan fingerprint density at radius 2 is 2.17 bits per heavy atom. The highest BCUT2D eigenvalue weighted by Gasteiger charge is 2.16. The smallest absolute Gasteiger partial charge is 0.319 e. The van der Waals surface area contributed by atoms with Crippen LogP contribution >= 0.6 is 11.6 Å². The van der Waals surface area contributed by atoms with E-state index in [0.29, 0.717) is 10.7 Å². The molecule has 0 unspecified atom stereocenters. The summed E-state index contributed by atoms with van der Waals surface area (Å²) >= 11 is 5.75. The molecule has 1 rings (SSSR count). The molecule has 8 heteroatoms. The predicted octanol–water partition coefficient (Wildman–Crippen LogP) is 1.14. The Labute approximate surface area is 111 Å². The van der Waals surface area contributed by atoms with Crippen molar-refractivity contribution in [3.05, 3.63) is 29.3 Å². The molecule has 0 fully saturated rings. The molecule has 4 N–H and O–H groups in total. The SMILES string of the molecule is C[C@H](CNC(=O)Nc1cccc(Cl)c1)S(N)(=O)=O. The first-order chi connectivity index (χ1) is 8.29. The number of anilines is 1. The standard InChI is InChI=1S/C10H14ClN3O3S/c1-7(18(12,16)17)6-13-10(15)14-9-4-2-3-8(11)5-9/h2-5,7H,6H2,1H3,(H2,12,16,17)(H2,13,14,15)/t7-/m1/s1.